The Labute approximate surface area is 113 Å². The summed E-state index contributed by atoms with van der Waals surface area (Å²) in [6, 6.07) is -0.116. The van der Waals surface area contributed by atoms with Gasteiger partial charge in [0.15, 0.2) is 0 Å². The first-order chi connectivity index (χ1) is 8.58. The molecule has 114 valence electrons. The average Bonchev–Trinajstić information content (AvgIpc) is 2.23. The van der Waals surface area contributed by atoms with E-state index in [2.05, 4.69) is 5.32 Å². The van der Waals surface area contributed by atoms with Crippen molar-refractivity contribution in [2.45, 2.75) is 71.2 Å². The molecule has 2 N–H and O–H groups in total. The maximum Gasteiger partial charge on any atom is 0.391 e. The third kappa shape index (κ3) is 6.61. The molecule has 1 saturated carbocycles. The topological polar surface area (TPSA) is 32.3 Å². The molecule has 0 amide bonds. The Balaban J connectivity index is 2.33. The normalized spacial score (nSPS) is 27.3. The van der Waals surface area contributed by atoms with E-state index < -0.39 is 18.2 Å². The van der Waals surface area contributed by atoms with Crippen LogP contribution in [0, 0.1) is 11.3 Å². The molecule has 5 heteroatoms. The van der Waals surface area contributed by atoms with E-state index in [1.165, 1.54) is 0 Å². The van der Waals surface area contributed by atoms with Crippen molar-refractivity contribution in [3.63, 3.8) is 0 Å². The number of hydrogen-bond donors (Lipinski definition) is 2. The lowest BCUT2D eigenvalue weighted by Crippen LogP contribution is -2.42. The molecule has 3 atom stereocenters. The second kappa shape index (κ2) is 6.44. The van der Waals surface area contributed by atoms with Gasteiger partial charge in [0.05, 0.1) is 12.0 Å². The highest BCUT2D eigenvalue weighted by molar-refractivity contribution is 4.82. The van der Waals surface area contributed by atoms with Crippen LogP contribution in [-0.4, -0.2) is 30.0 Å². The van der Waals surface area contributed by atoms with Crippen molar-refractivity contribution in [1.82, 2.24) is 5.32 Å². The summed E-state index contributed by atoms with van der Waals surface area (Å²) in [6.45, 7) is 6.50. The first-order valence-electron chi connectivity index (χ1n) is 7.06. The molecule has 0 radical (unpaired) electrons. The molecule has 3 unspecified atom stereocenters. The SMILES string of the molecule is CC(C)(C)CC(O)CNC1CCCC(C(F)(F)F)C1. The zero-order valence-corrected chi connectivity index (χ0v) is 12.1. The molecular formula is C14H26F3NO. The van der Waals surface area contributed by atoms with Gasteiger partial charge in [-0.15, -0.1) is 0 Å². The van der Waals surface area contributed by atoms with Crippen molar-refractivity contribution in [3.8, 4) is 0 Å². The minimum absolute atomic E-state index is 0.0299. The Kier molecular flexibility index (Phi) is 5.68. The Bertz CT molecular complexity index is 273. The van der Waals surface area contributed by atoms with E-state index in [4.69, 9.17) is 0 Å². The minimum atomic E-state index is -4.08. The molecule has 0 aromatic rings. The third-order valence-electron chi connectivity index (χ3n) is 3.63. The van der Waals surface area contributed by atoms with E-state index in [1.807, 2.05) is 20.8 Å². The van der Waals surface area contributed by atoms with E-state index >= 15 is 0 Å². The van der Waals surface area contributed by atoms with Crippen LogP contribution in [0.25, 0.3) is 0 Å². The lowest BCUT2D eigenvalue weighted by Gasteiger charge is -2.32. The van der Waals surface area contributed by atoms with E-state index in [-0.39, 0.29) is 24.3 Å². The predicted molar refractivity (Wildman–Crippen MR) is 69.9 cm³/mol. The minimum Gasteiger partial charge on any atom is -0.392 e. The Morgan fingerprint density at radius 1 is 1.21 bits per heavy atom. The molecule has 0 aliphatic heterocycles. The molecule has 0 aromatic carbocycles. The molecule has 0 spiro atoms. The molecule has 1 aliphatic carbocycles. The fraction of sp³-hybridized carbons (Fsp3) is 1.00. The predicted octanol–water partition coefficient (Wildman–Crippen LogP) is 3.49. The second-order valence-corrected chi connectivity index (χ2v) is 6.93. The highest BCUT2D eigenvalue weighted by atomic mass is 19.4. The molecular weight excluding hydrogens is 255 g/mol. The van der Waals surface area contributed by atoms with Crippen LogP contribution >= 0.6 is 0 Å². The van der Waals surface area contributed by atoms with Gasteiger partial charge >= 0.3 is 6.18 Å². The van der Waals surface area contributed by atoms with Crippen molar-refractivity contribution in [2.24, 2.45) is 11.3 Å². The first kappa shape index (κ1) is 16.8. The highest BCUT2D eigenvalue weighted by Crippen LogP contribution is 2.37. The van der Waals surface area contributed by atoms with E-state index in [0.717, 1.165) is 6.42 Å². The van der Waals surface area contributed by atoms with Crippen LogP contribution in [-0.2, 0) is 0 Å². The molecule has 0 bridgehead atoms. The molecule has 1 fully saturated rings. The number of hydrogen-bond acceptors (Lipinski definition) is 2. The van der Waals surface area contributed by atoms with Crippen LogP contribution in [0.2, 0.25) is 0 Å². The quantitative estimate of drug-likeness (QED) is 0.826. The second-order valence-electron chi connectivity index (χ2n) is 6.93. The van der Waals surface area contributed by atoms with Gasteiger partial charge in [-0.1, -0.05) is 27.2 Å². The van der Waals surface area contributed by atoms with Crippen molar-refractivity contribution < 1.29 is 18.3 Å². The molecule has 0 saturated heterocycles. The van der Waals surface area contributed by atoms with Gasteiger partial charge in [-0.25, -0.2) is 0 Å². The Hall–Kier alpha value is -0.290. The van der Waals surface area contributed by atoms with Crippen molar-refractivity contribution in [3.05, 3.63) is 0 Å². The van der Waals surface area contributed by atoms with Crippen LogP contribution in [0.3, 0.4) is 0 Å². The van der Waals surface area contributed by atoms with Crippen LogP contribution < -0.4 is 5.32 Å². The maximum absolute atomic E-state index is 12.7. The van der Waals surface area contributed by atoms with E-state index in [0.29, 0.717) is 19.4 Å². The van der Waals surface area contributed by atoms with Gasteiger partial charge in [-0.3, -0.25) is 0 Å². The van der Waals surface area contributed by atoms with Gasteiger partial charge in [0, 0.05) is 12.6 Å². The summed E-state index contributed by atoms with van der Waals surface area (Å²) < 4.78 is 38.0. The molecule has 1 aliphatic rings. The number of aliphatic hydroxyl groups excluding tert-OH is 1. The van der Waals surface area contributed by atoms with Gasteiger partial charge in [0.2, 0.25) is 0 Å². The van der Waals surface area contributed by atoms with Gasteiger partial charge in [-0.2, -0.15) is 13.2 Å². The van der Waals surface area contributed by atoms with Crippen LogP contribution in [0.15, 0.2) is 0 Å². The Morgan fingerprint density at radius 3 is 2.37 bits per heavy atom. The molecule has 2 nitrogen and oxygen atoms in total. The van der Waals surface area contributed by atoms with Crippen molar-refractivity contribution >= 4 is 0 Å². The van der Waals surface area contributed by atoms with Gasteiger partial charge in [-0.05, 0) is 31.1 Å². The summed E-state index contributed by atoms with van der Waals surface area (Å²) in [5.74, 6) is -1.18. The number of halogens is 3. The smallest absolute Gasteiger partial charge is 0.391 e. The molecule has 19 heavy (non-hydrogen) atoms. The summed E-state index contributed by atoms with van der Waals surface area (Å²) in [7, 11) is 0. The largest absolute Gasteiger partial charge is 0.392 e. The van der Waals surface area contributed by atoms with Gasteiger partial charge in [0.1, 0.15) is 0 Å². The van der Waals surface area contributed by atoms with Crippen molar-refractivity contribution in [1.29, 1.82) is 0 Å². The number of aliphatic hydroxyl groups is 1. The van der Waals surface area contributed by atoms with Gasteiger partial charge < -0.3 is 10.4 Å². The lowest BCUT2D eigenvalue weighted by atomic mass is 9.85. The summed E-state index contributed by atoms with van der Waals surface area (Å²) in [6.07, 6.45) is -2.16. The molecule has 0 aromatic heterocycles. The number of rotatable bonds is 4. The van der Waals surface area contributed by atoms with Crippen LogP contribution in [0.4, 0.5) is 13.2 Å². The fourth-order valence-corrected chi connectivity index (χ4v) is 2.75. The monoisotopic (exact) mass is 281 g/mol. The highest BCUT2D eigenvalue weighted by Gasteiger charge is 2.42. The van der Waals surface area contributed by atoms with Gasteiger partial charge in [0.25, 0.3) is 0 Å². The Morgan fingerprint density at radius 2 is 1.84 bits per heavy atom. The third-order valence-corrected chi connectivity index (χ3v) is 3.63. The van der Waals surface area contributed by atoms with E-state index in [9.17, 15) is 18.3 Å². The zero-order valence-electron chi connectivity index (χ0n) is 12.1. The van der Waals surface area contributed by atoms with Crippen LogP contribution in [0.5, 0.6) is 0 Å². The van der Waals surface area contributed by atoms with Crippen LogP contribution in [0.1, 0.15) is 52.9 Å². The summed E-state index contributed by atoms with van der Waals surface area (Å²) in [5, 5.41) is 13.0. The maximum atomic E-state index is 12.7. The summed E-state index contributed by atoms with van der Waals surface area (Å²) in [4.78, 5) is 0. The summed E-state index contributed by atoms with van der Waals surface area (Å²) in [5.41, 5.74) is 0.0299. The summed E-state index contributed by atoms with van der Waals surface area (Å²) >= 11 is 0. The lowest BCUT2D eigenvalue weighted by molar-refractivity contribution is -0.183. The van der Waals surface area contributed by atoms with E-state index in [1.54, 1.807) is 0 Å². The van der Waals surface area contributed by atoms with Crippen molar-refractivity contribution in [2.75, 3.05) is 6.54 Å². The average molecular weight is 281 g/mol. The fourth-order valence-electron chi connectivity index (χ4n) is 2.75. The number of nitrogens with one attached hydrogen (secondary N) is 1. The number of alkyl halides is 3. The molecule has 0 heterocycles. The zero-order chi connectivity index (χ0) is 14.7. The molecule has 1 rings (SSSR count). The first-order valence-corrected chi connectivity index (χ1v) is 7.06. The standard InChI is InChI=1S/C14H26F3NO/c1-13(2,3)8-12(19)9-18-11-6-4-5-10(7-11)14(15,16)17/h10-12,18-19H,4-9H2,1-3H3.